The molecule has 0 spiro atoms. The maximum absolute atomic E-state index is 12.9. The molecule has 0 aliphatic carbocycles. The van der Waals surface area contributed by atoms with E-state index < -0.39 is 11.7 Å². The van der Waals surface area contributed by atoms with E-state index in [1.54, 1.807) is 12.1 Å². The van der Waals surface area contributed by atoms with Crippen LogP contribution in [0.1, 0.15) is 24.0 Å². The van der Waals surface area contributed by atoms with Gasteiger partial charge in [-0.05, 0) is 43.5 Å². The summed E-state index contributed by atoms with van der Waals surface area (Å²) in [5, 5.41) is 0. The lowest BCUT2D eigenvalue weighted by Gasteiger charge is -2.15. The Balaban J connectivity index is 2.86. The number of nitrogens with two attached hydrogens (primary N) is 1. The van der Waals surface area contributed by atoms with Crippen LogP contribution in [-0.4, -0.2) is 13.2 Å². The van der Waals surface area contributed by atoms with Crippen LogP contribution in [0.5, 0.6) is 5.75 Å². The van der Waals surface area contributed by atoms with Gasteiger partial charge in [0.25, 0.3) is 0 Å². The zero-order chi connectivity index (χ0) is 14.3. The molecular formula is C14H18F3NO. The lowest BCUT2D eigenvalue weighted by atomic mass is 10.1. The second-order valence-electron chi connectivity index (χ2n) is 4.15. The van der Waals surface area contributed by atoms with E-state index >= 15 is 0 Å². The van der Waals surface area contributed by atoms with Gasteiger partial charge in [0.05, 0.1) is 12.2 Å². The van der Waals surface area contributed by atoms with E-state index in [0.29, 0.717) is 31.4 Å². The Morgan fingerprint density at radius 3 is 2.63 bits per heavy atom. The smallest absolute Gasteiger partial charge is 0.419 e. The molecule has 19 heavy (non-hydrogen) atoms. The first-order valence-electron chi connectivity index (χ1n) is 6.13. The van der Waals surface area contributed by atoms with Gasteiger partial charge < -0.3 is 10.5 Å². The summed E-state index contributed by atoms with van der Waals surface area (Å²) in [6, 6.07) is 4.09. The Morgan fingerprint density at radius 2 is 2.05 bits per heavy atom. The van der Waals surface area contributed by atoms with E-state index in [2.05, 4.69) is 6.58 Å². The molecule has 0 heterocycles. The molecule has 0 aliphatic heterocycles. The normalized spacial score (nSPS) is 11.4. The molecule has 0 unspecified atom stereocenters. The molecule has 0 atom stereocenters. The van der Waals surface area contributed by atoms with Gasteiger partial charge in [0.1, 0.15) is 5.75 Å². The zero-order valence-corrected chi connectivity index (χ0v) is 10.7. The van der Waals surface area contributed by atoms with Crippen molar-refractivity contribution in [3.63, 3.8) is 0 Å². The average molecular weight is 273 g/mol. The minimum atomic E-state index is -4.42. The molecule has 1 aromatic rings. The molecule has 2 N–H and O–H groups in total. The third kappa shape index (κ3) is 4.95. The van der Waals surface area contributed by atoms with Gasteiger partial charge in [-0.2, -0.15) is 13.2 Å². The summed E-state index contributed by atoms with van der Waals surface area (Å²) < 4.78 is 43.9. The summed E-state index contributed by atoms with van der Waals surface area (Å²) in [4.78, 5) is 0. The second kappa shape index (κ2) is 7.19. The van der Waals surface area contributed by atoms with Gasteiger partial charge in [-0.1, -0.05) is 12.1 Å². The van der Waals surface area contributed by atoms with Gasteiger partial charge in [-0.15, -0.1) is 6.58 Å². The average Bonchev–Trinajstić information content (AvgIpc) is 2.35. The zero-order valence-electron chi connectivity index (χ0n) is 10.7. The van der Waals surface area contributed by atoms with E-state index in [1.165, 1.54) is 6.07 Å². The van der Waals surface area contributed by atoms with Crippen molar-refractivity contribution in [1.29, 1.82) is 0 Å². The maximum Gasteiger partial charge on any atom is 0.419 e. The van der Waals surface area contributed by atoms with Crippen LogP contribution < -0.4 is 10.5 Å². The van der Waals surface area contributed by atoms with Gasteiger partial charge in [0.2, 0.25) is 0 Å². The molecule has 0 aromatic heterocycles. The van der Waals surface area contributed by atoms with Crippen molar-refractivity contribution in [2.45, 2.75) is 25.4 Å². The number of halogens is 3. The molecule has 0 aliphatic rings. The first kappa shape index (κ1) is 15.6. The van der Waals surface area contributed by atoms with Gasteiger partial charge in [0.15, 0.2) is 0 Å². The van der Waals surface area contributed by atoms with Crippen LogP contribution >= 0.6 is 0 Å². The molecule has 1 aromatic carbocycles. The lowest BCUT2D eigenvalue weighted by Crippen LogP contribution is -2.11. The summed E-state index contributed by atoms with van der Waals surface area (Å²) in [6.07, 6.45) is -0.936. The Kier molecular flexibility index (Phi) is 5.89. The number of allylic oxidation sites excluding steroid dienone is 1. The van der Waals surface area contributed by atoms with E-state index in [-0.39, 0.29) is 12.4 Å². The van der Waals surface area contributed by atoms with Crippen molar-refractivity contribution in [3.05, 3.63) is 42.0 Å². The number of ether oxygens (including phenoxy) is 1. The number of rotatable bonds is 7. The van der Waals surface area contributed by atoms with Gasteiger partial charge in [-0.25, -0.2) is 0 Å². The van der Waals surface area contributed by atoms with E-state index in [1.807, 2.05) is 0 Å². The number of alkyl halides is 3. The fourth-order valence-corrected chi connectivity index (χ4v) is 1.66. The summed E-state index contributed by atoms with van der Waals surface area (Å²) in [6.45, 7) is 4.10. The number of hydrogen-bond acceptors (Lipinski definition) is 2. The summed E-state index contributed by atoms with van der Waals surface area (Å²) >= 11 is 0. The minimum Gasteiger partial charge on any atom is -0.493 e. The first-order chi connectivity index (χ1) is 8.99. The predicted molar refractivity (Wildman–Crippen MR) is 69.1 cm³/mol. The highest BCUT2D eigenvalue weighted by Gasteiger charge is 2.34. The van der Waals surface area contributed by atoms with Crippen molar-refractivity contribution in [1.82, 2.24) is 0 Å². The van der Waals surface area contributed by atoms with E-state index in [0.717, 1.165) is 6.07 Å². The number of hydrogen-bond donors (Lipinski definition) is 1. The third-order valence-corrected chi connectivity index (χ3v) is 2.59. The van der Waals surface area contributed by atoms with Crippen molar-refractivity contribution < 1.29 is 17.9 Å². The molecule has 0 saturated carbocycles. The fourth-order valence-electron chi connectivity index (χ4n) is 1.66. The van der Waals surface area contributed by atoms with Gasteiger partial charge >= 0.3 is 6.18 Å². The molecular weight excluding hydrogens is 255 g/mol. The Hall–Kier alpha value is -1.49. The highest BCUT2D eigenvalue weighted by molar-refractivity contribution is 5.39. The Morgan fingerprint density at radius 1 is 1.32 bits per heavy atom. The summed E-state index contributed by atoms with van der Waals surface area (Å²) in [5.74, 6) is -0.127. The quantitative estimate of drug-likeness (QED) is 0.609. The SMILES string of the molecule is C=CCCCOc1ccc(CCN)cc1C(F)(F)F. The van der Waals surface area contributed by atoms with Crippen LogP contribution in [0.3, 0.4) is 0 Å². The second-order valence-corrected chi connectivity index (χ2v) is 4.15. The van der Waals surface area contributed by atoms with Crippen LogP contribution in [0.25, 0.3) is 0 Å². The molecule has 0 radical (unpaired) electrons. The summed E-state index contributed by atoms with van der Waals surface area (Å²) in [5.41, 5.74) is 5.17. The topological polar surface area (TPSA) is 35.2 Å². The monoisotopic (exact) mass is 273 g/mol. The highest BCUT2D eigenvalue weighted by atomic mass is 19.4. The van der Waals surface area contributed by atoms with Crippen LogP contribution in [-0.2, 0) is 12.6 Å². The number of benzene rings is 1. The molecule has 1 rings (SSSR count). The first-order valence-corrected chi connectivity index (χ1v) is 6.13. The maximum atomic E-state index is 12.9. The largest absolute Gasteiger partial charge is 0.493 e. The van der Waals surface area contributed by atoms with Crippen LogP contribution in [0.15, 0.2) is 30.9 Å². The van der Waals surface area contributed by atoms with E-state index in [4.69, 9.17) is 10.5 Å². The Labute approximate surface area is 111 Å². The lowest BCUT2D eigenvalue weighted by molar-refractivity contribution is -0.139. The van der Waals surface area contributed by atoms with E-state index in [9.17, 15) is 13.2 Å². The van der Waals surface area contributed by atoms with Gasteiger partial charge in [0, 0.05) is 0 Å². The van der Waals surface area contributed by atoms with Crippen molar-refractivity contribution in [2.24, 2.45) is 5.73 Å². The standard InChI is InChI=1S/C14H18F3NO/c1-2-3-4-9-19-13-6-5-11(7-8-18)10-12(13)14(15,16)17/h2,5-6,10H,1,3-4,7-9,18H2. The van der Waals surface area contributed by atoms with Crippen LogP contribution in [0.4, 0.5) is 13.2 Å². The van der Waals surface area contributed by atoms with Crippen molar-refractivity contribution in [3.8, 4) is 5.75 Å². The molecule has 0 amide bonds. The minimum absolute atomic E-state index is 0.127. The fraction of sp³-hybridized carbons (Fsp3) is 0.429. The highest BCUT2D eigenvalue weighted by Crippen LogP contribution is 2.37. The van der Waals surface area contributed by atoms with Crippen molar-refractivity contribution in [2.75, 3.05) is 13.2 Å². The van der Waals surface area contributed by atoms with Crippen molar-refractivity contribution >= 4 is 0 Å². The van der Waals surface area contributed by atoms with Gasteiger partial charge in [-0.3, -0.25) is 0 Å². The molecule has 106 valence electrons. The molecule has 5 heteroatoms. The van der Waals surface area contributed by atoms with Crippen LogP contribution in [0, 0.1) is 0 Å². The molecule has 0 saturated heterocycles. The van der Waals surface area contributed by atoms with Crippen LogP contribution in [0.2, 0.25) is 0 Å². The predicted octanol–water partition coefficient (Wildman–Crippen LogP) is 3.55. The Bertz CT molecular complexity index is 416. The molecule has 2 nitrogen and oxygen atoms in total. The number of unbranched alkanes of at least 4 members (excludes halogenated alkanes) is 1. The molecule has 0 fully saturated rings. The molecule has 0 bridgehead atoms. The third-order valence-electron chi connectivity index (χ3n) is 2.59. The summed E-state index contributed by atoms with van der Waals surface area (Å²) in [7, 11) is 0.